The molecule has 0 radical (unpaired) electrons. The minimum Gasteiger partial charge on any atom is -0.396 e. The maximum Gasteiger partial charge on any atom is 0.220 e. The first-order valence-electron chi connectivity index (χ1n) is 5.46. The van der Waals surface area contributed by atoms with Crippen LogP contribution in [0.3, 0.4) is 0 Å². The van der Waals surface area contributed by atoms with Gasteiger partial charge in [0.25, 0.3) is 0 Å². The normalized spacial score (nSPS) is 24.9. The Hall–Kier alpha value is -0.570. The Bertz CT molecular complexity index is 201. The molecule has 1 unspecified atom stereocenters. The quantitative estimate of drug-likeness (QED) is 0.720. The molecule has 82 valence electrons. The summed E-state index contributed by atoms with van der Waals surface area (Å²) < 4.78 is 0. The van der Waals surface area contributed by atoms with E-state index in [1.165, 1.54) is 12.8 Å². The fraction of sp³-hybridized carbons (Fsp3) is 0.909. The van der Waals surface area contributed by atoms with Crippen LogP contribution in [-0.4, -0.2) is 23.7 Å². The van der Waals surface area contributed by atoms with Gasteiger partial charge in [0.1, 0.15) is 0 Å². The second kappa shape index (κ2) is 4.78. The molecule has 0 heterocycles. The number of nitrogens with one attached hydrogen (secondary N) is 1. The van der Waals surface area contributed by atoms with Crippen LogP contribution in [0.5, 0.6) is 0 Å². The zero-order valence-electron chi connectivity index (χ0n) is 9.18. The van der Waals surface area contributed by atoms with Crippen molar-refractivity contribution in [3.05, 3.63) is 0 Å². The summed E-state index contributed by atoms with van der Waals surface area (Å²) in [6.45, 7) is 4.51. The smallest absolute Gasteiger partial charge is 0.220 e. The Labute approximate surface area is 85.9 Å². The average molecular weight is 199 g/mol. The molecule has 1 aliphatic rings. The van der Waals surface area contributed by atoms with E-state index < -0.39 is 0 Å². The highest BCUT2D eigenvalue weighted by molar-refractivity contribution is 5.76. The van der Waals surface area contributed by atoms with Gasteiger partial charge in [-0.1, -0.05) is 20.3 Å². The summed E-state index contributed by atoms with van der Waals surface area (Å²) in [5.74, 6) is 0.0824. The maximum atomic E-state index is 11.4. The summed E-state index contributed by atoms with van der Waals surface area (Å²) in [5, 5.41) is 11.7. The first kappa shape index (κ1) is 11.5. The molecule has 1 rings (SSSR count). The molecular weight excluding hydrogens is 178 g/mol. The molecule has 0 aliphatic heterocycles. The first-order chi connectivity index (χ1) is 6.56. The highest BCUT2D eigenvalue weighted by Gasteiger charge is 2.34. The van der Waals surface area contributed by atoms with Crippen molar-refractivity contribution in [2.75, 3.05) is 6.61 Å². The fourth-order valence-corrected chi connectivity index (χ4v) is 2.10. The van der Waals surface area contributed by atoms with Gasteiger partial charge in [0.05, 0.1) is 0 Å². The van der Waals surface area contributed by atoms with Gasteiger partial charge >= 0.3 is 0 Å². The standard InChI is InChI=1S/C11H21NO2/c1-11(2)7-3-5-9(11)12-10(14)6-4-8-13/h9,13H,3-8H2,1-2H3,(H,12,14). The van der Waals surface area contributed by atoms with Crippen LogP contribution in [0.1, 0.15) is 46.0 Å². The van der Waals surface area contributed by atoms with Gasteiger partial charge in [0.2, 0.25) is 5.91 Å². The molecule has 0 saturated heterocycles. The zero-order chi connectivity index (χ0) is 10.6. The predicted octanol–water partition coefficient (Wildman–Crippen LogP) is 1.45. The summed E-state index contributed by atoms with van der Waals surface area (Å²) in [4.78, 5) is 11.4. The second-order valence-corrected chi connectivity index (χ2v) is 4.83. The van der Waals surface area contributed by atoms with E-state index in [-0.39, 0.29) is 17.9 Å². The van der Waals surface area contributed by atoms with Gasteiger partial charge in [-0.05, 0) is 24.7 Å². The van der Waals surface area contributed by atoms with Crippen molar-refractivity contribution in [1.82, 2.24) is 5.32 Å². The van der Waals surface area contributed by atoms with Gasteiger partial charge in [-0.15, -0.1) is 0 Å². The fourth-order valence-electron chi connectivity index (χ4n) is 2.10. The molecule has 14 heavy (non-hydrogen) atoms. The SMILES string of the molecule is CC1(C)CCCC1NC(=O)CCCO. The number of rotatable bonds is 4. The second-order valence-electron chi connectivity index (χ2n) is 4.83. The highest BCUT2D eigenvalue weighted by atomic mass is 16.3. The van der Waals surface area contributed by atoms with E-state index >= 15 is 0 Å². The van der Waals surface area contributed by atoms with Gasteiger partial charge in [-0.2, -0.15) is 0 Å². The molecule has 1 aliphatic carbocycles. The molecule has 0 bridgehead atoms. The van der Waals surface area contributed by atoms with Crippen molar-refractivity contribution in [2.45, 2.75) is 52.0 Å². The Balaban J connectivity index is 2.33. The van der Waals surface area contributed by atoms with E-state index in [0.29, 0.717) is 18.9 Å². The summed E-state index contributed by atoms with van der Waals surface area (Å²) in [7, 11) is 0. The molecule has 3 nitrogen and oxygen atoms in total. The summed E-state index contributed by atoms with van der Waals surface area (Å²) in [6.07, 6.45) is 4.51. The summed E-state index contributed by atoms with van der Waals surface area (Å²) in [5.41, 5.74) is 0.245. The monoisotopic (exact) mass is 199 g/mol. The summed E-state index contributed by atoms with van der Waals surface area (Å²) >= 11 is 0. The Morgan fingerprint density at radius 2 is 2.29 bits per heavy atom. The Kier molecular flexibility index (Phi) is 3.93. The van der Waals surface area contributed by atoms with Crippen LogP contribution in [0, 0.1) is 5.41 Å². The largest absolute Gasteiger partial charge is 0.396 e. The molecule has 2 N–H and O–H groups in total. The minimum atomic E-state index is 0.0824. The van der Waals surface area contributed by atoms with E-state index in [2.05, 4.69) is 19.2 Å². The molecule has 1 fully saturated rings. The lowest BCUT2D eigenvalue weighted by atomic mass is 9.87. The Morgan fingerprint density at radius 3 is 2.79 bits per heavy atom. The molecular formula is C11H21NO2. The summed E-state index contributed by atoms with van der Waals surface area (Å²) in [6, 6.07) is 0.327. The minimum absolute atomic E-state index is 0.0824. The highest BCUT2D eigenvalue weighted by Crippen LogP contribution is 2.37. The van der Waals surface area contributed by atoms with Crippen LogP contribution in [0.15, 0.2) is 0 Å². The van der Waals surface area contributed by atoms with Gasteiger partial charge in [-0.25, -0.2) is 0 Å². The molecule has 0 aromatic rings. The van der Waals surface area contributed by atoms with Crippen LogP contribution in [0.2, 0.25) is 0 Å². The van der Waals surface area contributed by atoms with Crippen LogP contribution in [0.25, 0.3) is 0 Å². The average Bonchev–Trinajstić information content (AvgIpc) is 2.43. The van der Waals surface area contributed by atoms with Gasteiger partial charge in [0.15, 0.2) is 0 Å². The number of carbonyl (C=O) groups is 1. The number of hydrogen-bond donors (Lipinski definition) is 2. The molecule has 3 heteroatoms. The Morgan fingerprint density at radius 1 is 1.57 bits per heavy atom. The predicted molar refractivity (Wildman–Crippen MR) is 55.9 cm³/mol. The number of aliphatic hydroxyl groups excluding tert-OH is 1. The lowest BCUT2D eigenvalue weighted by Crippen LogP contribution is -2.41. The zero-order valence-corrected chi connectivity index (χ0v) is 9.18. The third kappa shape index (κ3) is 2.98. The molecule has 1 saturated carbocycles. The van der Waals surface area contributed by atoms with Gasteiger partial charge in [0, 0.05) is 19.1 Å². The molecule has 0 aromatic carbocycles. The van der Waals surface area contributed by atoms with E-state index in [9.17, 15) is 4.79 Å². The molecule has 0 spiro atoms. The topological polar surface area (TPSA) is 49.3 Å². The van der Waals surface area contributed by atoms with Crippen molar-refractivity contribution < 1.29 is 9.90 Å². The van der Waals surface area contributed by atoms with E-state index in [4.69, 9.17) is 5.11 Å². The van der Waals surface area contributed by atoms with Crippen molar-refractivity contribution in [3.63, 3.8) is 0 Å². The van der Waals surface area contributed by atoms with Crippen LogP contribution in [-0.2, 0) is 4.79 Å². The maximum absolute atomic E-state index is 11.4. The van der Waals surface area contributed by atoms with E-state index in [0.717, 1.165) is 6.42 Å². The first-order valence-corrected chi connectivity index (χ1v) is 5.46. The van der Waals surface area contributed by atoms with E-state index in [1.54, 1.807) is 0 Å². The third-order valence-corrected chi connectivity index (χ3v) is 3.15. The van der Waals surface area contributed by atoms with Crippen molar-refractivity contribution in [2.24, 2.45) is 5.41 Å². The lowest BCUT2D eigenvalue weighted by molar-refractivity contribution is -0.122. The van der Waals surface area contributed by atoms with Crippen LogP contribution in [0.4, 0.5) is 0 Å². The van der Waals surface area contributed by atoms with Gasteiger partial charge < -0.3 is 10.4 Å². The number of carbonyl (C=O) groups excluding carboxylic acids is 1. The van der Waals surface area contributed by atoms with Crippen LogP contribution < -0.4 is 5.32 Å². The number of hydrogen-bond acceptors (Lipinski definition) is 2. The van der Waals surface area contributed by atoms with Crippen molar-refractivity contribution >= 4 is 5.91 Å². The number of amides is 1. The molecule has 1 atom stereocenters. The van der Waals surface area contributed by atoms with E-state index in [1.807, 2.05) is 0 Å². The lowest BCUT2D eigenvalue weighted by Gasteiger charge is -2.27. The van der Waals surface area contributed by atoms with Crippen molar-refractivity contribution in [3.8, 4) is 0 Å². The van der Waals surface area contributed by atoms with Crippen molar-refractivity contribution in [1.29, 1.82) is 0 Å². The van der Waals surface area contributed by atoms with Gasteiger partial charge in [-0.3, -0.25) is 4.79 Å². The number of aliphatic hydroxyl groups is 1. The molecule has 1 amide bonds. The molecule has 0 aromatic heterocycles. The van der Waals surface area contributed by atoms with Crippen LogP contribution >= 0.6 is 0 Å². The third-order valence-electron chi connectivity index (χ3n) is 3.15.